The summed E-state index contributed by atoms with van der Waals surface area (Å²) in [4.78, 5) is 0. The van der Waals surface area contributed by atoms with Crippen LogP contribution in [0.3, 0.4) is 0 Å². The van der Waals surface area contributed by atoms with E-state index in [1.807, 2.05) is 11.9 Å². The molecule has 1 heteroatoms. The maximum atomic E-state index is 3.36. The molecule has 0 saturated carbocycles. The van der Waals surface area contributed by atoms with Crippen molar-refractivity contribution >= 4 is 14.7 Å². The summed E-state index contributed by atoms with van der Waals surface area (Å²) in [7, 11) is 3.36. The average molecular weight is 198 g/mol. The summed E-state index contributed by atoms with van der Waals surface area (Å²) in [6, 6.07) is 18.8. The highest BCUT2D eigenvalue weighted by atomic mass is 31.0. The molecule has 2 rings (SSSR count). The van der Waals surface area contributed by atoms with Gasteiger partial charge < -0.3 is 0 Å². The van der Waals surface area contributed by atoms with E-state index in [2.05, 4.69) is 57.4 Å². The van der Waals surface area contributed by atoms with Gasteiger partial charge in [0.05, 0.1) is 0 Å². The van der Waals surface area contributed by atoms with Gasteiger partial charge in [-0.2, -0.15) is 0 Å². The molecular formula is C13H11P. The summed E-state index contributed by atoms with van der Waals surface area (Å²) >= 11 is 0. The summed E-state index contributed by atoms with van der Waals surface area (Å²) < 4.78 is 0. The Morgan fingerprint density at radius 2 is 1.29 bits per heavy atom. The Hall–Kier alpha value is -1.39. The second kappa shape index (κ2) is 4.21. The summed E-state index contributed by atoms with van der Waals surface area (Å²) in [6.07, 6.45) is 0. The first-order valence-electron chi connectivity index (χ1n) is 4.56. The molecule has 0 bridgehead atoms. The Labute approximate surface area is 86.4 Å². The fourth-order valence-corrected chi connectivity index (χ4v) is 1.59. The fraction of sp³-hybridized carbons (Fsp3) is 0. The number of benzene rings is 2. The molecule has 2 aromatic rings. The molecule has 0 heterocycles. The molecule has 0 aliphatic rings. The van der Waals surface area contributed by atoms with E-state index in [9.17, 15) is 0 Å². The molecule has 0 aliphatic heterocycles. The number of hydrogen-bond acceptors (Lipinski definition) is 0. The maximum absolute atomic E-state index is 3.36. The first kappa shape index (κ1) is 9.18. The molecule has 0 nitrogen and oxygen atoms in total. The van der Waals surface area contributed by atoms with Crippen LogP contribution in [0, 0.1) is 0 Å². The average Bonchev–Trinajstić information content (AvgIpc) is 2.30. The standard InChI is InChI=1S/C13H11P/c14-10-11-6-8-13(9-7-11)12-4-2-1-3-5-12/h1-10,14H. The van der Waals surface area contributed by atoms with E-state index in [1.54, 1.807) is 0 Å². The summed E-state index contributed by atoms with van der Waals surface area (Å²) in [5.41, 5.74) is 3.69. The van der Waals surface area contributed by atoms with Crippen molar-refractivity contribution in [2.24, 2.45) is 0 Å². The minimum absolute atomic E-state index is 1.18. The van der Waals surface area contributed by atoms with E-state index in [-0.39, 0.29) is 0 Å². The topological polar surface area (TPSA) is 0 Å². The lowest BCUT2D eigenvalue weighted by Gasteiger charge is -2.01. The van der Waals surface area contributed by atoms with Crippen LogP contribution in [0.1, 0.15) is 5.56 Å². The fourth-order valence-electron chi connectivity index (χ4n) is 1.40. The Kier molecular flexibility index (Phi) is 2.76. The zero-order valence-electron chi connectivity index (χ0n) is 7.77. The maximum Gasteiger partial charge on any atom is -0.0184 e. The zero-order valence-corrected chi connectivity index (χ0v) is 8.77. The van der Waals surface area contributed by atoms with Crippen molar-refractivity contribution in [2.45, 2.75) is 0 Å². The van der Waals surface area contributed by atoms with Crippen molar-refractivity contribution in [1.82, 2.24) is 0 Å². The van der Waals surface area contributed by atoms with Crippen molar-refractivity contribution in [2.75, 3.05) is 0 Å². The number of rotatable bonds is 2. The van der Waals surface area contributed by atoms with Gasteiger partial charge in [0.1, 0.15) is 0 Å². The molecule has 0 atom stereocenters. The third kappa shape index (κ3) is 1.92. The number of hydrogen-bond donors (Lipinski definition) is 0. The Bertz CT molecular complexity index is 415. The quantitative estimate of drug-likeness (QED) is 0.646. The highest BCUT2D eigenvalue weighted by Crippen LogP contribution is 2.18. The SMILES string of the molecule is P=Cc1ccc(-c2ccccc2)cc1. The van der Waals surface area contributed by atoms with Crippen LogP contribution in [-0.4, -0.2) is 5.80 Å². The van der Waals surface area contributed by atoms with Crippen molar-refractivity contribution in [1.29, 1.82) is 0 Å². The second-order valence-corrected chi connectivity index (χ2v) is 3.42. The summed E-state index contributed by atoms with van der Waals surface area (Å²) in [6.45, 7) is 0. The van der Waals surface area contributed by atoms with Gasteiger partial charge in [0.25, 0.3) is 0 Å². The van der Waals surface area contributed by atoms with Crippen LogP contribution in [0.15, 0.2) is 54.6 Å². The van der Waals surface area contributed by atoms with Crippen LogP contribution in [0.25, 0.3) is 11.1 Å². The highest BCUT2D eigenvalue weighted by molar-refractivity contribution is 7.19. The molecule has 0 aliphatic carbocycles. The Balaban J connectivity index is 2.39. The van der Waals surface area contributed by atoms with Crippen LogP contribution in [0.5, 0.6) is 0 Å². The van der Waals surface area contributed by atoms with Crippen molar-refractivity contribution in [3.63, 3.8) is 0 Å². The van der Waals surface area contributed by atoms with Gasteiger partial charge in [-0.25, -0.2) is 0 Å². The third-order valence-electron chi connectivity index (χ3n) is 2.18. The lowest BCUT2D eigenvalue weighted by atomic mass is 10.0. The molecule has 68 valence electrons. The molecule has 0 amide bonds. The molecule has 0 aromatic heterocycles. The van der Waals surface area contributed by atoms with Crippen LogP contribution in [-0.2, 0) is 0 Å². The smallest absolute Gasteiger partial charge is 0.0184 e. The van der Waals surface area contributed by atoms with Crippen LogP contribution >= 0.6 is 8.86 Å². The second-order valence-electron chi connectivity index (χ2n) is 3.13. The van der Waals surface area contributed by atoms with Gasteiger partial charge in [-0.15, -0.1) is 8.86 Å². The molecule has 0 N–H and O–H groups in total. The van der Waals surface area contributed by atoms with Crippen LogP contribution in [0.2, 0.25) is 0 Å². The lowest BCUT2D eigenvalue weighted by Crippen LogP contribution is -1.79. The van der Waals surface area contributed by atoms with Gasteiger partial charge in [0.2, 0.25) is 0 Å². The van der Waals surface area contributed by atoms with Crippen LogP contribution < -0.4 is 0 Å². The van der Waals surface area contributed by atoms with Gasteiger partial charge in [0.15, 0.2) is 0 Å². The van der Waals surface area contributed by atoms with Gasteiger partial charge in [-0.3, -0.25) is 0 Å². The Morgan fingerprint density at radius 1 is 0.714 bits per heavy atom. The van der Waals surface area contributed by atoms with Crippen molar-refractivity contribution in [3.05, 3.63) is 60.2 Å². The molecule has 0 fully saturated rings. The third-order valence-corrected chi connectivity index (χ3v) is 2.52. The lowest BCUT2D eigenvalue weighted by molar-refractivity contribution is 1.61. The summed E-state index contributed by atoms with van der Waals surface area (Å²) in [5, 5.41) is 0. The van der Waals surface area contributed by atoms with Crippen LogP contribution in [0.4, 0.5) is 0 Å². The van der Waals surface area contributed by atoms with Gasteiger partial charge in [-0.1, -0.05) is 54.6 Å². The normalized spacial score (nSPS) is 9.71. The monoisotopic (exact) mass is 198 g/mol. The molecular weight excluding hydrogens is 187 g/mol. The molecule has 14 heavy (non-hydrogen) atoms. The predicted octanol–water partition coefficient (Wildman–Crippen LogP) is 3.65. The molecule has 0 radical (unpaired) electrons. The molecule has 0 saturated heterocycles. The van der Waals surface area contributed by atoms with Gasteiger partial charge in [0, 0.05) is 0 Å². The van der Waals surface area contributed by atoms with E-state index >= 15 is 0 Å². The minimum Gasteiger partial charge on any atom is -0.122 e. The van der Waals surface area contributed by atoms with E-state index in [1.165, 1.54) is 16.7 Å². The van der Waals surface area contributed by atoms with E-state index in [4.69, 9.17) is 0 Å². The van der Waals surface area contributed by atoms with E-state index in [0.29, 0.717) is 0 Å². The van der Waals surface area contributed by atoms with E-state index < -0.39 is 0 Å². The highest BCUT2D eigenvalue weighted by Gasteiger charge is 1.94. The summed E-state index contributed by atoms with van der Waals surface area (Å²) in [5.74, 6) is 1.91. The van der Waals surface area contributed by atoms with Gasteiger partial charge in [-0.05, 0) is 22.5 Å². The minimum atomic E-state index is 1.18. The van der Waals surface area contributed by atoms with Gasteiger partial charge >= 0.3 is 0 Å². The molecule has 2 aromatic carbocycles. The largest absolute Gasteiger partial charge is 0.122 e. The molecule has 0 unspecified atom stereocenters. The first-order valence-corrected chi connectivity index (χ1v) is 5.14. The zero-order chi connectivity index (χ0) is 9.80. The molecule has 0 spiro atoms. The van der Waals surface area contributed by atoms with E-state index in [0.717, 1.165) is 0 Å². The Morgan fingerprint density at radius 3 is 1.86 bits per heavy atom. The van der Waals surface area contributed by atoms with Crippen molar-refractivity contribution in [3.8, 4) is 11.1 Å². The predicted molar refractivity (Wildman–Crippen MR) is 65.4 cm³/mol. The first-order chi connectivity index (χ1) is 6.90. The van der Waals surface area contributed by atoms with Crippen molar-refractivity contribution < 1.29 is 0 Å².